The molecule has 15 heavy (non-hydrogen) atoms. The third-order valence-electron chi connectivity index (χ3n) is 2.82. The smallest absolute Gasteiger partial charge is 0.0300 e. The van der Waals surface area contributed by atoms with Crippen LogP contribution in [0, 0.1) is 0 Å². The number of hydrogen-bond acceptors (Lipinski definition) is 1. The molecule has 2 N–H and O–H groups in total. The van der Waals surface area contributed by atoms with Gasteiger partial charge in [0.05, 0.1) is 0 Å². The van der Waals surface area contributed by atoms with E-state index in [1.807, 2.05) is 0 Å². The van der Waals surface area contributed by atoms with E-state index in [2.05, 4.69) is 49.4 Å². The fourth-order valence-electron chi connectivity index (χ4n) is 2.04. The summed E-state index contributed by atoms with van der Waals surface area (Å²) in [6.07, 6.45) is 2.18. The van der Waals surface area contributed by atoms with E-state index in [-0.39, 0.29) is 6.04 Å². The first-order valence-corrected chi connectivity index (χ1v) is 5.56. The average molecular weight is 199 g/mol. The molecule has 78 valence electrons. The number of hydrogen-bond donors (Lipinski definition) is 1. The Morgan fingerprint density at radius 1 is 1.07 bits per heavy atom. The Morgan fingerprint density at radius 2 is 1.80 bits per heavy atom. The van der Waals surface area contributed by atoms with Crippen LogP contribution in [-0.2, 0) is 0 Å². The summed E-state index contributed by atoms with van der Waals surface area (Å²) >= 11 is 0. The zero-order valence-corrected chi connectivity index (χ0v) is 9.11. The quantitative estimate of drug-likeness (QED) is 0.802. The summed E-state index contributed by atoms with van der Waals surface area (Å²) in [4.78, 5) is 0. The van der Waals surface area contributed by atoms with Gasteiger partial charge in [-0.2, -0.15) is 0 Å². The Kier molecular flexibility index (Phi) is 3.02. The molecule has 0 saturated carbocycles. The molecule has 0 aliphatic rings. The molecular formula is C14H17N. The molecule has 2 aromatic rings. The summed E-state index contributed by atoms with van der Waals surface area (Å²) in [6, 6.07) is 15.0. The topological polar surface area (TPSA) is 26.0 Å². The first-order valence-electron chi connectivity index (χ1n) is 5.56. The standard InChI is InChI=1S/C14H17N/c1-2-6-14(15)13-10-5-8-11-7-3-4-9-12(11)13/h3-5,7-10,14H,2,6,15H2,1H3/t14-/m0/s1. The van der Waals surface area contributed by atoms with E-state index in [0.29, 0.717) is 0 Å². The van der Waals surface area contributed by atoms with Gasteiger partial charge in [0.15, 0.2) is 0 Å². The summed E-state index contributed by atoms with van der Waals surface area (Å²) in [5.41, 5.74) is 7.44. The third kappa shape index (κ3) is 2.02. The van der Waals surface area contributed by atoms with Crippen molar-refractivity contribution >= 4 is 10.8 Å². The molecule has 0 bridgehead atoms. The van der Waals surface area contributed by atoms with Gasteiger partial charge in [-0.1, -0.05) is 55.8 Å². The van der Waals surface area contributed by atoms with Crippen LogP contribution < -0.4 is 5.73 Å². The number of fused-ring (bicyclic) bond motifs is 1. The van der Waals surface area contributed by atoms with Gasteiger partial charge in [-0.15, -0.1) is 0 Å². The van der Waals surface area contributed by atoms with E-state index in [9.17, 15) is 0 Å². The van der Waals surface area contributed by atoms with Crippen molar-refractivity contribution in [2.75, 3.05) is 0 Å². The van der Waals surface area contributed by atoms with Gasteiger partial charge in [0.2, 0.25) is 0 Å². The highest BCUT2D eigenvalue weighted by Gasteiger charge is 2.07. The van der Waals surface area contributed by atoms with Crippen molar-refractivity contribution in [3.05, 3.63) is 48.0 Å². The molecule has 0 aromatic heterocycles. The molecular weight excluding hydrogens is 182 g/mol. The van der Waals surface area contributed by atoms with Gasteiger partial charge in [0.25, 0.3) is 0 Å². The Hall–Kier alpha value is -1.34. The van der Waals surface area contributed by atoms with Crippen molar-refractivity contribution in [2.45, 2.75) is 25.8 Å². The molecule has 2 aromatic carbocycles. The first-order chi connectivity index (χ1) is 7.33. The lowest BCUT2D eigenvalue weighted by Crippen LogP contribution is -2.09. The lowest BCUT2D eigenvalue weighted by Gasteiger charge is -2.13. The SMILES string of the molecule is CCC[C@H](N)c1cccc2ccccc12. The van der Waals surface area contributed by atoms with Crippen LogP contribution >= 0.6 is 0 Å². The predicted octanol–water partition coefficient (Wildman–Crippen LogP) is 3.64. The predicted molar refractivity (Wildman–Crippen MR) is 65.8 cm³/mol. The van der Waals surface area contributed by atoms with Crippen LogP contribution in [0.1, 0.15) is 31.4 Å². The second kappa shape index (κ2) is 4.45. The van der Waals surface area contributed by atoms with Crippen molar-refractivity contribution in [2.24, 2.45) is 5.73 Å². The van der Waals surface area contributed by atoms with E-state index in [4.69, 9.17) is 5.73 Å². The first kappa shape index (κ1) is 10.2. The second-order valence-electron chi connectivity index (χ2n) is 3.96. The molecule has 0 aliphatic heterocycles. The zero-order chi connectivity index (χ0) is 10.7. The maximum absolute atomic E-state index is 6.17. The minimum absolute atomic E-state index is 0.168. The van der Waals surface area contributed by atoms with Crippen molar-refractivity contribution in [3.8, 4) is 0 Å². The zero-order valence-electron chi connectivity index (χ0n) is 9.11. The lowest BCUT2D eigenvalue weighted by atomic mass is 9.97. The van der Waals surface area contributed by atoms with Crippen LogP contribution in [0.5, 0.6) is 0 Å². The van der Waals surface area contributed by atoms with Crippen LogP contribution in [0.2, 0.25) is 0 Å². The molecule has 2 rings (SSSR count). The maximum atomic E-state index is 6.17. The number of nitrogens with two attached hydrogens (primary N) is 1. The van der Waals surface area contributed by atoms with Crippen LogP contribution in [0.3, 0.4) is 0 Å². The fourth-order valence-corrected chi connectivity index (χ4v) is 2.04. The summed E-state index contributed by atoms with van der Waals surface area (Å²) in [5.74, 6) is 0. The average Bonchev–Trinajstić information content (AvgIpc) is 2.28. The summed E-state index contributed by atoms with van der Waals surface area (Å²) < 4.78 is 0. The molecule has 0 aliphatic carbocycles. The van der Waals surface area contributed by atoms with E-state index >= 15 is 0 Å². The van der Waals surface area contributed by atoms with Gasteiger partial charge >= 0.3 is 0 Å². The van der Waals surface area contributed by atoms with Crippen LogP contribution in [-0.4, -0.2) is 0 Å². The summed E-state index contributed by atoms with van der Waals surface area (Å²) in [5, 5.41) is 2.57. The number of benzene rings is 2. The van der Waals surface area contributed by atoms with Gasteiger partial charge in [0, 0.05) is 6.04 Å². The van der Waals surface area contributed by atoms with Gasteiger partial charge in [-0.05, 0) is 22.8 Å². The van der Waals surface area contributed by atoms with E-state index in [1.54, 1.807) is 0 Å². The highest BCUT2D eigenvalue weighted by molar-refractivity contribution is 5.86. The van der Waals surface area contributed by atoms with Gasteiger partial charge < -0.3 is 5.73 Å². The fraction of sp³-hybridized carbons (Fsp3) is 0.286. The molecule has 0 radical (unpaired) electrons. The van der Waals surface area contributed by atoms with Gasteiger partial charge in [-0.25, -0.2) is 0 Å². The second-order valence-corrected chi connectivity index (χ2v) is 3.96. The highest BCUT2D eigenvalue weighted by atomic mass is 14.6. The largest absolute Gasteiger partial charge is 0.324 e. The van der Waals surface area contributed by atoms with E-state index < -0.39 is 0 Å². The van der Waals surface area contributed by atoms with E-state index in [0.717, 1.165) is 12.8 Å². The normalized spacial score (nSPS) is 12.9. The minimum atomic E-state index is 0.168. The van der Waals surface area contributed by atoms with Crippen molar-refractivity contribution < 1.29 is 0 Å². The van der Waals surface area contributed by atoms with Crippen molar-refractivity contribution in [3.63, 3.8) is 0 Å². The Bertz CT molecular complexity index is 443. The van der Waals surface area contributed by atoms with Gasteiger partial charge in [0.1, 0.15) is 0 Å². The lowest BCUT2D eigenvalue weighted by molar-refractivity contribution is 0.642. The monoisotopic (exact) mass is 199 g/mol. The molecule has 1 atom stereocenters. The molecule has 0 spiro atoms. The van der Waals surface area contributed by atoms with Crippen LogP contribution in [0.4, 0.5) is 0 Å². The summed E-state index contributed by atoms with van der Waals surface area (Å²) in [6.45, 7) is 2.17. The van der Waals surface area contributed by atoms with Crippen molar-refractivity contribution in [1.82, 2.24) is 0 Å². The van der Waals surface area contributed by atoms with Crippen LogP contribution in [0.25, 0.3) is 10.8 Å². The molecule has 0 amide bonds. The molecule has 0 heterocycles. The number of rotatable bonds is 3. The van der Waals surface area contributed by atoms with E-state index in [1.165, 1.54) is 16.3 Å². The van der Waals surface area contributed by atoms with Gasteiger partial charge in [-0.3, -0.25) is 0 Å². The maximum Gasteiger partial charge on any atom is 0.0300 e. The summed E-state index contributed by atoms with van der Waals surface area (Å²) in [7, 11) is 0. The highest BCUT2D eigenvalue weighted by Crippen LogP contribution is 2.25. The Morgan fingerprint density at radius 3 is 2.60 bits per heavy atom. The molecule has 1 nitrogen and oxygen atoms in total. The van der Waals surface area contributed by atoms with Crippen molar-refractivity contribution in [1.29, 1.82) is 0 Å². The third-order valence-corrected chi connectivity index (χ3v) is 2.82. The minimum Gasteiger partial charge on any atom is -0.324 e. The Labute approximate surface area is 90.9 Å². The molecule has 1 heteroatoms. The Balaban J connectivity index is 2.50. The molecule has 0 saturated heterocycles. The molecule has 0 fully saturated rings. The molecule has 0 unspecified atom stereocenters. The van der Waals surface area contributed by atoms with Crippen LogP contribution in [0.15, 0.2) is 42.5 Å².